The van der Waals surface area contributed by atoms with E-state index in [0.717, 1.165) is 0 Å². The Morgan fingerprint density at radius 1 is 0.595 bits per heavy atom. The van der Waals surface area contributed by atoms with Gasteiger partial charge >= 0.3 is 5.97 Å². The summed E-state index contributed by atoms with van der Waals surface area (Å²) in [5.74, 6) is 0.158. The number of non-ortho nitro benzene ring substituents is 1. The van der Waals surface area contributed by atoms with E-state index in [1.807, 2.05) is 0 Å². The maximum absolute atomic E-state index is 11.5. The minimum Gasteiger partial charge on any atom is -0.491 e. The van der Waals surface area contributed by atoms with Crippen molar-refractivity contribution >= 4 is 11.7 Å². The molecular formula is C28H47NO13. The number of ether oxygens (including phenoxy) is 10. The largest absolute Gasteiger partial charge is 0.491 e. The van der Waals surface area contributed by atoms with Gasteiger partial charge in [-0.3, -0.25) is 10.1 Å². The fourth-order valence-corrected chi connectivity index (χ4v) is 2.95. The Morgan fingerprint density at radius 3 is 1.26 bits per heavy atom. The molecule has 0 aliphatic carbocycles. The van der Waals surface area contributed by atoms with Gasteiger partial charge in [0.2, 0.25) is 0 Å². The molecule has 1 rings (SSSR count). The van der Waals surface area contributed by atoms with Crippen LogP contribution in [0.5, 0.6) is 5.75 Å². The Balaban J connectivity index is 1.70. The number of carbonyl (C=O) groups excluding carboxylic acids is 1. The number of hydrogen-bond donors (Lipinski definition) is 0. The third-order valence-corrected chi connectivity index (χ3v) is 4.79. The predicted octanol–water partition coefficient (Wildman–Crippen LogP) is 2.45. The Morgan fingerprint density at radius 2 is 0.929 bits per heavy atom. The lowest BCUT2D eigenvalue weighted by atomic mass is 10.2. The van der Waals surface area contributed by atoms with Gasteiger partial charge in [-0.05, 0) is 32.9 Å². The number of carbonyl (C=O) groups is 1. The SMILES string of the molecule is CC(C)(C)OC(=O)COCCOCCOCCOCCOCCOCCOCCOCCOc1ccc([N+](=O)[O-])cc1. The van der Waals surface area contributed by atoms with E-state index in [4.69, 9.17) is 47.4 Å². The van der Waals surface area contributed by atoms with Gasteiger partial charge in [0, 0.05) is 12.1 Å². The van der Waals surface area contributed by atoms with E-state index in [2.05, 4.69) is 0 Å². The van der Waals surface area contributed by atoms with Gasteiger partial charge in [0.05, 0.1) is 104 Å². The van der Waals surface area contributed by atoms with Crippen LogP contribution in [-0.2, 0) is 47.4 Å². The number of nitro groups is 1. The lowest BCUT2D eigenvalue weighted by molar-refractivity contribution is -0.384. The molecule has 14 heteroatoms. The molecular weight excluding hydrogens is 558 g/mol. The normalized spacial score (nSPS) is 11.5. The minimum absolute atomic E-state index is 0.0223. The first-order valence-electron chi connectivity index (χ1n) is 14.0. The maximum atomic E-state index is 11.5. The highest BCUT2D eigenvalue weighted by Gasteiger charge is 2.15. The summed E-state index contributed by atoms with van der Waals surface area (Å²) >= 11 is 0. The standard InChI is InChI=1S/C28H47NO13/c1-28(2,3)42-27(30)24-40-21-20-38-17-16-36-13-12-34-9-8-33-10-11-35-14-15-37-18-19-39-22-23-41-26-6-4-25(5-7-26)29(31)32/h4-7H,8-24H2,1-3H3. The third kappa shape index (κ3) is 24.2. The zero-order valence-corrected chi connectivity index (χ0v) is 25.1. The molecule has 1 aromatic rings. The molecule has 0 aliphatic heterocycles. The minimum atomic E-state index is -0.516. The smallest absolute Gasteiger partial charge is 0.332 e. The van der Waals surface area contributed by atoms with Gasteiger partial charge < -0.3 is 47.4 Å². The molecule has 242 valence electrons. The predicted molar refractivity (Wildman–Crippen MR) is 151 cm³/mol. The third-order valence-electron chi connectivity index (χ3n) is 4.79. The van der Waals surface area contributed by atoms with Gasteiger partial charge in [-0.2, -0.15) is 0 Å². The molecule has 14 nitrogen and oxygen atoms in total. The molecule has 0 aliphatic rings. The van der Waals surface area contributed by atoms with Gasteiger partial charge in [-0.1, -0.05) is 0 Å². The average molecular weight is 606 g/mol. The molecule has 0 atom stereocenters. The summed E-state index contributed by atoms with van der Waals surface area (Å²) in [6.45, 7) is 12.2. The first-order valence-corrected chi connectivity index (χ1v) is 14.0. The fourth-order valence-electron chi connectivity index (χ4n) is 2.95. The molecule has 0 heterocycles. The van der Waals surface area contributed by atoms with Crippen molar-refractivity contribution in [2.24, 2.45) is 0 Å². The fraction of sp³-hybridized carbons (Fsp3) is 0.750. The molecule has 42 heavy (non-hydrogen) atoms. The molecule has 0 N–H and O–H groups in total. The molecule has 0 radical (unpaired) electrons. The van der Waals surface area contributed by atoms with Crippen molar-refractivity contribution in [2.45, 2.75) is 26.4 Å². The van der Waals surface area contributed by atoms with Crippen LogP contribution >= 0.6 is 0 Å². The molecule has 0 fully saturated rings. The van der Waals surface area contributed by atoms with Crippen molar-refractivity contribution in [1.82, 2.24) is 0 Å². The van der Waals surface area contributed by atoms with Crippen LogP contribution in [0.3, 0.4) is 0 Å². The first kappa shape index (κ1) is 37.6. The van der Waals surface area contributed by atoms with Crippen LogP contribution in [0.1, 0.15) is 20.8 Å². The quantitative estimate of drug-likeness (QED) is 0.0595. The Kier molecular flexibility index (Phi) is 22.5. The average Bonchev–Trinajstić information content (AvgIpc) is 2.94. The van der Waals surface area contributed by atoms with Gasteiger partial charge in [-0.15, -0.1) is 0 Å². The van der Waals surface area contributed by atoms with E-state index < -0.39 is 16.5 Å². The van der Waals surface area contributed by atoms with Gasteiger partial charge in [-0.25, -0.2) is 4.79 Å². The topological polar surface area (TPSA) is 153 Å². The summed E-state index contributed by atoms with van der Waals surface area (Å²) in [6, 6.07) is 5.89. The van der Waals surface area contributed by atoms with E-state index in [1.165, 1.54) is 12.1 Å². The summed E-state index contributed by atoms with van der Waals surface area (Å²) in [7, 11) is 0. The molecule has 0 unspecified atom stereocenters. The number of nitro benzene ring substituents is 1. The number of rotatable bonds is 28. The van der Waals surface area contributed by atoms with Crippen molar-refractivity contribution in [1.29, 1.82) is 0 Å². The lowest BCUT2D eigenvalue weighted by Crippen LogP contribution is -2.27. The molecule has 0 amide bonds. The van der Waals surface area contributed by atoms with E-state index >= 15 is 0 Å². The van der Waals surface area contributed by atoms with E-state index in [1.54, 1.807) is 32.9 Å². The monoisotopic (exact) mass is 605 g/mol. The summed E-state index contributed by atoms with van der Waals surface area (Å²) in [6.07, 6.45) is 0. The summed E-state index contributed by atoms with van der Waals surface area (Å²) in [5.41, 5.74) is -0.494. The molecule has 0 spiro atoms. The highest BCUT2D eigenvalue weighted by molar-refractivity contribution is 5.71. The molecule has 0 aromatic heterocycles. The van der Waals surface area contributed by atoms with Gasteiger partial charge in [0.1, 0.15) is 24.6 Å². The van der Waals surface area contributed by atoms with Crippen LogP contribution < -0.4 is 4.74 Å². The van der Waals surface area contributed by atoms with Crippen molar-refractivity contribution in [2.75, 3.05) is 112 Å². The Hall–Kier alpha value is -2.43. The van der Waals surface area contributed by atoms with Crippen molar-refractivity contribution in [3.8, 4) is 5.75 Å². The van der Waals surface area contributed by atoms with E-state index in [-0.39, 0.29) is 12.3 Å². The zero-order chi connectivity index (χ0) is 30.7. The van der Waals surface area contributed by atoms with Crippen molar-refractivity contribution < 1.29 is 57.1 Å². The number of esters is 1. The van der Waals surface area contributed by atoms with E-state index in [0.29, 0.717) is 111 Å². The highest BCUT2D eigenvalue weighted by Crippen LogP contribution is 2.17. The van der Waals surface area contributed by atoms with Crippen LogP contribution in [0.25, 0.3) is 0 Å². The van der Waals surface area contributed by atoms with Gasteiger partial charge in [0.25, 0.3) is 5.69 Å². The second-order valence-corrected chi connectivity index (χ2v) is 9.53. The molecule has 0 saturated carbocycles. The van der Waals surface area contributed by atoms with Crippen LogP contribution in [0.15, 0.2) is 24.3 Å². The summed E-state index contributed by atoms with van der Waals surface area (Å²) in [5, 5.41) is 10.6. The van der Waals surface area contributed by atoms with Crippen LogP contribution in [0, 0.1) is 10.1 Å². The summed E-state index contributed by atoms with van der Waals surface area (Å²) < 4.78 is 53.7. The van der Waals surface area contributed by atoms with Crippen molar-refractivity contribution in [3.63, 3.8) is 0 Å². The number of nitrogens with zero attached hydrogens (tertiary/aromatic N) is 1. The Bertz CT molecular complexity index is 802. The molecule has 0 saturated heterocycles. The second-order valence-electron chi connectivity index (χ2n) is 9.53. The van der Waals surface area contributed by atoms with Crippen LogP contribution in [-0.4, -0.2) is 129 Å². The van der Waals surface area contributed by atoms with Crippen molar-refractivity contribution in [3.05, 3.63) is 34.4 Å². The van der Waals surface area contributed by atoms with E-state index in [9.17, 15) is 14.9 Å². The maximum Gasteiger partial charge on any atom is 0.332 e. The molecule has 1 aromatic carbocycles. The van der Waals surface area contributed by atoms with Crippen LogP contribution in [0.2, 0.25) is 0 Å². The first-order chi connectivity index (χ1) is 20.3. The van der Waals surface area contributed by atoms with Crippen LogP contribution in [0.4, 0.5) is 5.69 Å². The van der Waals surface area contributed by atoms with Gasteiger partial charge in [0.15, 0.2) is 0 Å². The highest BCUT2D eigenvalue weighted by atomic mass is 16.6. The lowest BCUT2D eigenvalue weighted by Gasteiger charge is -2.19. The Labute approximate surface area is 247 Å². The number of benzene rings is 1. The number of hydrogen-bond acceptors (Lipinski definition) is 13. The zero-order valence-electron chi connectivity index (χ0n) is 25.1. The summed E-state index contributed by atoms with van der Waals surface area (Å²) in [4.78, 5) is 21.6. The molecule has 0 bridgehead atoms. The second kappa shape index (κ2) is 25.1.